The fourth-order valence-corrected chi connectivity index (χ4v) is 2.82. The van der Waals surface area contributed by atoms with Crippen LogP contribution in [0.15, 0.2) is 42.5 Å². The number of nitrogens with one attached hydrogen (secondary N) is 2. The van der Waals surface area contributed by atoms with E-state index in [1.54, 1.807) is 36.4 Å². The molecular formula is C19H18ClN5O3. The van der Waals surface area contributed by atoms with E-state index in [4.69, 9.17) is 21.1 Å². The lowest BCUT2D eigenvalue weighted by Crippen LogP contribution is -2.07. The fourth-order valence-electron chi connectivity index (χ4n) is 2.52. The predicted octanol–water partition coefficient (Wildman–Crippen LogP) is 3.58. The van der Waals surface area contributed by atoms with Gasteiger partial charge in [0, 0.05) is 17.3 Å². The molecule has 0 aliphatic rings. The number of nitrogens with zero attached hydrogens (tertiary/aromatic N) is 3. The molecular weight excluding hydrogens is 382 g/mol. The average Bonchev–Trinajstić information content (AvgIpc) is 3.22. The number of hydrogen-bond donors (Lipinski definition) is 2. The first-order valence-corrected chi connectivity index (χ1v) is 8.81. The Morgan fingerprint density at radius 3 is 2.89 bits per heavy atom. The Morgan fingerprint density at radius 2 is 2.18 bits per heavy atom. The van der Waals surface area contributed by atoms with Crippen LogP contribution in [0.1, 0.15) is 12.5 Å². The van der Waals surface area contributed by atoms with Gasteiger partial charge in [0.15, 0.2) is 11.5 Å². The van der Waals surface area contributed by atoms with Crippen molar-refractivity contribution in [2.24, 2.45) is 0 Å². The molecule has 0 atom stereocenters. The van der Waals surface area contributed by atoms with Crippen molar-refractivity contribution in [1.29, 1.82) is 0 Å². The molecule has 1 amide bonds. The molecule has 9 heteroatoms. The minimum absolute atomic E-state index is 0.296. The Kier molecular flexibility index (Phi) is 6.23. The summed E-state index contributed by atoms with van der Waals surface area (Å²) in [6.45, 7) is 2.34. The van der Waals surface area contributed by atoms with Gasteiger partial charge in [0.2, 0.25) is 11.7 Å². The maximum atomic E-state index is 12.3. The zero-order chi connectivity index (χ0) is 19.9. The number of aromatic nitrogens is 4. The molecule has 3 aromatic rings. The Balaban J connectivity index is 1.73. The average molecular weight is 400 g/mol. The van der Waals surface area contributed by atoms with Gasteiger partial charge in [0.1, 0.15) is 0 Å². The normalized spacial score (nSPS) is 10.8. The maximum absolute atomic E-state index is 12.3. The number of amides is 1. The summed E-state index contributed by atoms with van der Waals surface area (Å²) in [6.07, 6.45) is 3.06. The Bertz CT molecular complexity index is 989. The van der Waals surface area contributed by atoms with Crippen LogP contribution in [0.4, 0.5) is 5.69 Å². The number of carbonyl (C=O) groups is 1. The summed E-state index contributed by atoms with van der Waals surface area (Å²) >= 11 is 6.22. The molecule has 0 radical (unpaired) electrons. The molecule has 0 aliphatic carbocycles. The van der Waals surface area contributed by atoms with Gasteiger partial charge < -0.3 is 14.8 Å². The van der Waals surface area contributed by atoms with E-state index in [9.17, 15) is 4.79 Å². The third-order valence-corrected chi connectivity index (χ3v) is 3.98. The van der Waals surface area contributed by atoms with Gasteiger partial charge in [-0.15, -0.1) is 10.2 Å². The van der Waals surface area contributed by atoms with Gasteiger partial charge in [0.05, 0.1) is 18.7 Å². The second-order valence-corrected chi connectivity index (χ2v) is 6.01. The lowest BCUT2D eigenvalue weighted by molar-refractivity contribution is -0.111. The van der Waals surface area contributed by atoms with Crippen LogP contribution in [0, 0.1) is 0 Å². The van der Waals surface area contributed by atoms with Gasteiger partial charge in [-0.25, -0.2) is 0 Å². The molecule has 2 N–H and O–H groups in total. The molecule has 144 valence electrons. The lowest BCUT2D eigenvalue weighted by Gasteiger charge is -2.11. The van der Waals surface area contributed by atoms with Crippen molar-refractivity contribution < 1.29 is 14.3 Å². The van der Waals surface area contributed by atoms with E-state index < -0.39 is 0 Å². The third kappa shape index (κ3) is 4.66. The van der Waals surface area contributed by atoms with E-state index in [1.165, 1.54) is 13.2 Å². The number of benzene rings is 2. The van der Waals surface area contributed by atoms with Crippen molar-refractivity contribution in [3.05, 3.63) is 53.1 Å². The van der Waals surface area contributed by atoms with Crippen LogP contribution in [-0.4, -0.2) is 40.2 Å². The van der Waals surface area contributed by atoms with Crippen molar-refractivity contribution in [3.8, 4) is 22.9 Å². The van der Waals surface area contributed by atoms with E-state index in [-0.39, 0.29) is 5.91 Å². The number of H-pyrrole nitrogens is 1. The molecule has 0 unspecified atom stereocenters. The smallest absolute Gasteiger partial charge is 0.248 e. The highest BCUT2D eigenvalue weighted by molar-refractivity contribution is 6.32. The van der Waals surface area contributed by atoms with Gasteiger partial charge >= 0.3 is 0 Å². The number of rotatable bonds is 7. The minimum Gasteiger partial charge on any atom is -0.491 e. The first kappa shape index (κ1) is 19.4. The Labute approximate surface area is 166 Å². The van der Waals surface area contributed by atoms with Crippen LogP contribution >= 0.6 is 11.6 Å². The first-order chi connectivity index (χ1) is 13.6. The van der Waals surface area contributed by atoms with E-state index in [0.717, 1.165) is 5.56 Å². The molecule has 0 spiro atoms. The summed E-state index contributed by atoms with van der Waals surface area (Å²) in [5, 5.41) is 17.0. The summed E-state index contributed by atoms with van der Waals surface area (Å²) in [5.41, 5.74) is 2.06. The largest absolute Gasteiger partial charge is 0.491 e. The molecule has 28 heavy (non-hydrogen) atoms. The van der Waals surface area contributed by atoms with Crippen LogP contribution in [0.2, 0.25) is 5.02 Å². The Hall–Kier alpha value is -3.39. The van der Waals surface area contributed by atoms with Crippen molar-refractivity contribution in [2.75, 3.05) is 19.0 Å². The maximum Gasteiger partial charge on any atom is 0.248 e. The highest BCUT2D eigenvalue weighted by Crippen LogP contribution is 2.36. The monoisotopic (exact) mass is 399 g/mol. The minimum atomic E-state index is -0.296. The molecule has 1 heterocycles. The van der Waals surface area contributed by atoms with E-state index in [0.29, 0.717) is 40.2 Å². The van der Waals surface area contributed by atoms with Crippen molar-refractivity contribution in [1.82, 2.24) is 20.6 Å². The number of halogens is 1. The summed E-state index contributed by atoms with van der Waals surface area (Å²) in [5.74, 6) is 1.13. The number of hydrogen-bond acceptors (Lipinski definition) is 6. The van der Waals surface area contributed by atoms with Gasteiger partial charge in [-0.05, 0) is 48.0 Å². The van der Waals surface area contributed by atoms with Crippen LogP contribution in [0.5, 0.6) is 11.5 Å². The van der Waals surface area contributed by atoms with Crippen LogP contribution < -0.4 is 14.8 Å². The fraction of sp³-hybridized carbons (Fsp3) is 0.158. The zero-order valence-electron chi connectivity index (χ0n) is 15.3. The molecule has 0 saturated carbocycles. The quantitative estimate of drug-likeness (QED) is 0.589. The highest BCUT2D eigenvalue weighted by Gasteiger charge is 2.11. The SMILES string of the molecule is CCOc1cc(C=CC(=O)Nc2cccc(-c3nn[nH]n3)c2)cc(Cl)c1OC. The Morgan fingerprint density at radius 1 is 1.32 bits per heavy atom. The first-order valence-electron chi connectivity index (χ1n) is 8.44. The summed E-state index contributed by atoms with van der Waals surface area (Å²) in [6, 6.07) is 10.6. The number of ether oxygens (including phenoxy) is 2. The van der Waals surface area contributed by atoms with Crippen molar-refractivity contribution in [2.45, 2.75) is 6.92 Å². The molecule has 3 rings (SSSR count). The summed E-state index contributed by atoms with van der Waals surface area (Å²) in [4.78, 5) is 12.3. The zero-order valence-corrected chi connectivity index (χ0v) is 16.0. The lowest BCUT2D eigenvalue weighted by atomic mass is 10.1. The molecule has 8 nitrogen and oxygen atoms in total. The predicted molar refractivity (Wildman–Crippen MR) is 106 cm³/mol. The van der Waals surface area contributed by atoms with Crippen molar-refractivity contribution >= 4 is 29.3 Å². The molecule has 0 saturated heterocycles. The standard InChI is InChI=1S/C19H18ClN5O3/c1-3-28-16-10-12(9-15(20)18(16)27-2)7-8-17(26)21-14-6-4-5-13(11-14)19-22-24-25-23-19/h4-11H,3H2,1-2H3,(H,21,26)(H,22,23,24,25). The number of methoxy groups -OCH3 is 1. The van der Waals surface area contributed by atoms with Gasteiger partial charge in [-0.2, -0.15) is 5.21 Å². The molecule has 0 bridgehead atoms. The number of tetrazole rings is 1. The van der Waals surface area contributed by atoms with Gasteiger partial charge in [0.25, 0.3) is 0 Å². The summed E-state index contributed by atoms with van der Waals surface area (Å²) < 4.78 is 10.8. The van der Waals surface area contributed by atoms with E-state index in [1.807, 2.05) is 13.0 Å². The number of aromatic amines is 1. The number of carbonyl (C=O) groups excluding carboxylic acids is 1. The van der Waals surface area contributed by atoms with E-state index >= 15 is 0 Å². The van der Waals surface area contributed by atoms with E-state index in [2.05, 4.69) is 25.9 Å². The topological polar surface area (TPSA) is 102 Å². The highest BCUT2D eigenvalue weighted by atomic mass is 35.5. The number of anilines is 1. The molecule has 2 aromatic carbocycles. The van der Waals surface area contributed by atoms with Crippen LogP contribution in [0.3, 0.4) is 0 Å². The van der Waals surface area contributed by atoms with Gasteiger partial charge in [-0.3, -0.25) is 4.79 Å². The molecule has 0 aliphatic heterocycles. The third-order valence-electron chi connectivity index (χ3n) is 3.70. The van der Waals surface area contributed by atoms with Crippen molar-refractivity contribution in [3.63, 3.8) is 0 Å². The second-order valence-electron chi connectivity index (χ2n) is 5.61. The molecule has 1 aromatic heterocycles. The van der Waals surface area contributed by atoms with Crippen LogP contribution in [-0.2, 0) is 4.79 Å². The summed E-state index contributed by atoms with van der Waals surface area (Å²) in [7, 11) is 1.52. The molecule has 0 fully saturated rings. The van der Waals surface area contributed by atoms with Crippen LogP contribution in [0.25, 0.3) is 17.5 Å². The van der Waals surface area contributed by atoms with Gasteiger partial charge in [-0.1, -0.05) is 23.7 Å². The second kappa shape index (κ2) is 9.01.